The van der Waals surface area contributed by atoms with Gasteiger partial charge >= 0.3 is 5.51 Å². The van der Waals surface area contributed by atoms with Crippen molar-refractivity contribution < 1.29 is 13.2 Å². The number of alkyl halides is 4. The van der Waals surface area contributed by atoms with Crippen molar-refractivity contribution in [2.24, 2.45) is 5.92 Å². The molecule has 1 aromatic rings. The van der Waals surface area contributed by atoms with Gasteiger partial charge in [0.05, 0.1) is 0 Å². The molecule has 2 rings (SSSR count). The molecule has 3 atom stereocenters. The van der Waals surface area contributed by atoms with Gasteiger partial charge in [-0.15, -0.1) is 11.6 Å². The fourth-order valence-electron chi connectivity index (χ4n) is 2.88. The zero-order valence-corrected chi connectivity index (χ0v) is 12.6. The molecule has 3 unspecified atom stereocenters. The molecule has 0 spiro atoms. The van der Waals surface area contributed by atoms with Crippen LogP contribution in [0.2, 0.25) is 0 Å². The Kier molecular flexibility index (Phi) is 5.67. The Labute approximate surface area is 127 Å². The molecule has 0 radical (unpaired) electrons. The molecule has 0 N–H and O–H groups in total. The zero-order chi connectivity index (χ0) is 14.6. The second kappa shape index (κ2) is 7.08. The van der Waals surface area contributed by atoms with Crippen LogP contribution in [0, 0.1) is 5.92 Å². The third-order valence-electron chi connectivity index (χ3n) is 3.92. The van der Waals surface area contributed by atoms with Gasteiger partial charge in [-0.2, -0.15) is 13.2 Å². The molecule has 20 heavy (non-hydrogen) atoms. The first-order valence-electron chi connectivity index (χ1n) is 6.85. The minimum atomic E-state index is -4.13. The fourth-order valence-corrected chi connectivity index (χ4v) is 3.89. The molecule has 1 aliphatic carbocycles. The van der Waals surface area contributed by atoms with Gasteiger partial charge in [0.25, 0.3) is 0 Å². The standard InChI is InChI=1S/C15H18ClF3S/c16-14-7-6-12(11-4-2-1-3-5-11)10-13(14)8-9-20-15(17,18)19/h1-5,12-14H,6-10H2. The average molecular weight is 323 g/mol. The normalized spacial score (nSPS) is 27.5. The number of benzene rings is 1. The van der Waals surface area contributed by atoms with Gasteiger partial charge in [-0.25, -0.2) is 0 Å². The summed E-state index contributed by atoms with van der Waals surface area (Å²) in [6, 6.07) is 10.2. The summed E-state index contributed by atoms with van der Waals surface area (Å²) in [4.78, 5) is 0. The molecule has 1 aromatic carbocycles. The summed E-state index contributed by atoms with van der Waals surface area (Å²) in [5.74, 6) is 0.733. The van der Waals surface area contributed by atoms with Gasteiger partial charge in [0, 0.05) is 11.1 Å². The Morgan fingerprint density at radius 2 is 1.85 bits per heavy atom. The monoisotopic (exact) mass is 322 g/mol. The predicted molar refractivity (Wildman–Crippen MR) is 79.3 cm³/mol. The van der Waals surface area contributed by atoms with Gasteiger partial charge in [0.15, 0.2) is 0 Å². The van der Waals surface area contributed by atoms with Crippen LogP contribution in [-0.2, 0) is 0 Å². The summed E-state index contributed by atoms with van der Waals surface area (Å²) in [5.41, 5.74) is -2.85. The Morgan fingerprint density at radius 1 is 1.15 bits per heavy atom. The lowest BCUT2D eigenvalue weighted by Gasteiger charge is -2.33. The van der Waals surface area contributed by atoms with Crippen molar-refractivity contribution in [3.05, 3.63) is 35.9 Å². The minimum Gasteiger partial charge on any atom is -0.160 e. The molecule has 0 saturated heterocycles. The summed E-state index contributed by atoms with van der Waals surface area (Å²) in [7, 11) is 0. The maximum absolute atomic E-state index is 12.2. The van der Waals surface area contributed by atoms with Crippen LogP contribution >= 0.6 is 23.4 Å². The molecule has 1 fully saturated rings. The predicted octanol–water partition coefficient (Wildman–Crippen LogP) is 5.82. The van der Waals surface area contributed by atoms with Gasteiger partial charge in [-0.1, -0.05) is 42.1 Å². The number of thioether (sulfide) groups is 1. The summed E-state index contributed by atoms with van der Waals surface area (Å²) in [6.07, 6.45) is 3.36. The van der Waals surface area contributed by atoms with Crippen LogP contribution in [-0.4, -0.2) is 16.6 Å². The van der Waals surface area contributed by atoms with E-state index in [-0.39, 0.29) is 28.8 Å². The van der Waals surface area contributed by atoms with E-state index >= 15 is 0 Å². The van der Waals surface area contributed by atoms with Crippen molar-refractivity contribution in [2.45, 2.75) is 42.5 Å². The van der Waals surface area contributed by atoms with Gasteiger partial charge in [0.1, 0.15) is 0 Å². The van der Waals surface area contributed by atoms with Crippen molar-refractivity contribution in [3.8, 4) is 0 Å². The molecule has 1 aliphatic rings. The molecule has 112 valence electrons. The van der Waals surface area contributed by atoms with E-state index in [0.717, 1.165) is 19.3 Å². The van der Waals surface area contributed by atoms with E-state index in [4.69, 9.17) is 11.6 Å². The van der Waals surface area contributed by atoms with E-state index in [9.17, 15) is 13.2 Å². The molecule has 0 heterocycles. The van der Waals surface area contributed by atoms with E-state index in [1.54, 1.807) is 0 Å². The maximum Gasteiger partial charge on any atom is 0.441 e. The molecular formula is C15H18ClF3S. The zero-order valence-electron chi connectivity index (χ0n) is 11.1. The van der Waals surface area contributed by atoms with Crippen molar-refractivity contribution in [1.29, 1.82) is 0 Å². The van der Waals surface area contributed by atoms with Crippen molar-refractivity contribution >= 4 is 23.4 Å². The van der Waals surface area contributed by atoms with Gasteiger partial charge in [-0.3, -0.25) is 0 Å². The Balaban J connectivity index is 1.88. The SMILES string of the molecule is FC(F)(F)SCCC1CC(c2ccccc2)CCC1Cl. The van der Waals surface area contributed by atoms with Gasteiger partial charge in [0.2, 0.25) is 0 Å². The maximum atomic E-state index is 12.2. The number of rotatable bonds is 4. The first-order chi connectivity index (χ1) is 9.46. The first-order valence-corrected chi connectivity index (χ1v) is 8.27. The molecule has 0 aliphatic heterocycles. The van der Waals surface area contributed by atoms with Gasteiger partial charge < -0.3 is 0 Å². The van der Waals surface area contributed by atoms with Crippen LogP contribution in [0.3, 0.4) is 0 Å². The summed E-state index contributed by atoms with van der Waals surface area (Å²) in [5, 5.41) is 0.0174. The molecule has 0 bridgehead atoms. The minimum absolute atomic E-state index is 0.0174. The molecule has 5 heteroatoms. The lowest BCUT2D eigenvalue weighted by molar-refractivity contribution is -0.0328. The van der Waals surface area contributed by atoms with Gasteiger partial charge in [-0.05, 0) is 43.1 Å². The second-order valence-corrected chi connectivity index (χ2v) is 7.00. The van der Waals surface area contributed by atoms with Crippen LogP contribution in [0.4, 0.5) is 13.2 Å². The van der Waals surface area contributed by atoms with Crippen molar-refractivity contribution in [2.75, 3.05) is 5.75 Å². The summed E-state index contributed by atoms with van der Waals surface area (Å²) in [6.45, 7) is 0. The fraction of sp³-hybridized carbons (Fsp3) is 0.600. The van der Waals surface area contributed by atoms with E-state index in [1.165, 1.54) is 5.56 Å². The highest BCUT2D eigenvalue weighted by Gasteiger charge is 2.32. The van der Waals surface area contributed by atoms with Crippen LogP contribution in [0.15, 0.2) is 30.3 Å². The molecule has 1 saturated carbocycles. The first kappa shape index (κ1) is 16.0. The molecule has 0 amide bonds. The molecule has 0 nitrogen and oxygen atoms in total. The Hall–Kier alpha value is -0.350. The Morgan fingerprint density at radius 3 is 2.50 bits per heavy atom. The largest absolute Gasteiger partial charge is 0.441 e. The summed E-state index contributed by atoms with van der Waals surface area (Å²) >= 11 is 6.36. The number of hydrogen-bond donors (Lipinski definition) is 0. The third-order valence-corrected chi connectivity index (χ3v) is 5.26. The van der Waals surface area contributed by atoms with Crippen LogP contribution in [0.5, 0.6) is 0 Å². The lowest BCUT2D eigenvalue weighted by atomic mass is 9.77. The van der Waals surface area contributed by atoms with E-state index in [1.807, 2.05) is 18.2 Å². The molecular weight excluding hydrogens is 305 g/mol. The van der Waals surface area contributed by atoms with Crippen LogP contribution < -0.4 is 0 Å². The molecule has 0 aromatic heterocycles. The Bertz CT molecular complexity index is 407. The number of halogens is 4. The van der Waals surface area contributed by atoms with Crippen molar-refractivity contribution in [1.82, 2.24) is 0 Å². The smallest absolute Gasteiger partial charge is 0.160 e. The third kappa shape index (κ3) is 4.88. The van der Waals surface area contributed by atoms with E-state index < -0.39 is 5.51 Å². The van der Waals surface area contributed by atoms with Crippen LogP contribution in [0.1, 0.15) is 37.2 Å². The summed E-state index contributed by atoms with van der Waals surface area (Å²) < 4.78 is 36.5. The number of hydrogen-bond acceptors (Lipinski definition) is 1. The topological polar surface area (TPSA) is 0 Å². The van der Waals surface area contributed by atoms with E-state index in [0.29, 0.717) is 12.3 Å². The average Bonchev–Trinajstić information content (AvgIpc) is 2.40. The lowest BCUT2D eigenvalue weighted by Crippen LogP contribution is -2.25. The highest BCUT2D eigenvalue weighted by Crippen LogP contribution is 2.41. The quantitative estimate of drug-likeness (QED) is 0.629. The van der Waals surface area contributed by atoms with Crippen molar-refractivity contribution in [3.63, 3.8) is 0 Å². The second-order valence-electron chi connectivity index (χ2n) is 5.28. The highest BCUT2D eigenvalue weighted by atomic mass is 35.5. The van der Waals surface area contributed by atoms with Crippen LogP contribution in [0.25, 0.3) is 0 Å². The highest BCUT2D eigenvalue weighted by molar-refractivity contribution is 8.00. The van der Waals surface area contributed by atoms with E-state index in [2.05, 4.69) is 12.1 Å².